The number of benzene rings is 1. The Balaban J connectivity index is 1.30. The van der Waals surface area contributed by atoms with Gasteiger partial charge in [-0.2, -0.15) is 0 Å². The molecule has 0 bridgehead atoms. The molecule has 1 unspecified atom stereocenters. The van der Waals surface area contributed by atoms with E-state index < -0.39 is 0 Å². The molecule has 0 spiro atoms. The standard InChI is InChI=1S/C24H40N4O2/c1-25-24(26-13-7-15-30-20-22-11-16-29-17-12-22)27-18-23-10-5-6-14-28(23)19-21-8-3-2-4-9-21/h2-4,8-9,22-23H,5-7,10-20H2,1H3,(H2,25,26,27). The number of piperidine rings is 1. The Morgan fingerprint density at radius 1 is 1.13 bits per heavy atom. The summed E-state index contributed by atoms with van der Waals surface area (Å²) in [6, 6.07) is 11.4. The molecule has 6 nitrogen and oxygen atoms in total. The molecule has 2 N–H and O–H groups in total. The Morgan fingerprint density at radius 2 is 1.97 bits per heavy atom. The number of rotatable bonds is 10. The molecule has 6 heteroatoms. The van der Waals surface area contributed by atoms with Crippen LogP contribution in [0, 0.1) is 5.92 Å². The molecule has 0 aromatic heterocycles. The smallest absolute Gasteiger partial charge is 0.191 e. The first kappa shape index (κ1) is 23.0. The highest BCUT2D eigenvalue weighted by molar-refractivity contribution is 5.79. The molecule has 0 aliphatic carbocycles. The Morgan fingerprint density at radius 3 is 2.77 bits per heavy atom. The molecule has 2 fully saturated rings. The second kappa shape index (κ2) is 13.6. The van der Waals surface area contributed by atoms with E-state index in [9.17, 15) is 0 Å². The van der Waals surface area contributed by atoms with Gasteiger partial charge in [0, 0.05) is 59.2 Å². The topological polar surface area (TPSA) is 58.1 Å². The zero-order chi connectivity index (χ0) is 20.9. The first-order valence-corrected chi connectivity index (χ1v) is 11.7. The fraction of sp³-hybridized carbons (Fsp3) is 0.708. The molecule has 3 rings (SSSR count). The van der Waals surface area contributed by atoms with Gasteiger partial charge in [-0.1, -0.05) is 36.8 Å². The predicted molar refractivity (Wildman–Crippen MR) is 123 cm³/mol. The predicted octanol–water partition coefficient (Wildman–Crippen LogP) is 3.04. The molecule has 0 amide bonds. The van der Waals surface area contributed by atoms with Crippen LogP contribution in [0.2, 0.25) is 0 Å². The van der Waals surface area contributed by atoms with Crippen LogP contribution in [0.1, 0.15) is 44.1 Å². The highest BCUT2D eigenvalue weighted by Crippen LogP contribution is 2.19. The maximum atomic E-state index is 5.85. The van der Waals surface area contributed by atoms with E-state index in [1.807, 2.05) is 7.05 Å². The minimum absolute atomic E-state index is 0.556. The maximum Gasteiger partial charge on any atom is 0.191 e. The molecule has 0 saturated carbocycles. The summed E-state index contributed by atoms with van der Waals surface area (Å²) in [5, 5.41) is 6.97. The summed E-state index contributed by atoms with van der Waals surface area (Å²) in [7, 11) is 1.85. The van der Waals surface area contributed by atoms with Gasteiger partial charge in [0.1, 0.15) is 0 Å². The van der Waals surface area contributed by atoms with E-state index in [0.29, 0.717) is 12.0 Å². The van der Waals surface area contributed by atoms with E-state index in [1.54, 1.807) is 0 Å². The lowest BCUT2D eigenvalue weighted by molar-refractivity contribution is 0.0203. The molecule has 2 saturated heterocycles. The molecule has 2 heterocycles. The van der Waals surface area contributed by atoms with E-state index in [4.69, 9.17) is 9.47 Å². The average molecular weight is 417 g/mol. The number of guanidine groups is 1. The van der Waals surface area contributed by atoms with Crippen molar-refractivity contribution in [2.75, 3.05) is 53.1 Å². The lowest BCUT2D eigenvalue weighted by atomic mass is 10.0. The fourth-order valence-corrected chi connectivity index (χ4v) is 4.30. The van der Waals surface area contributed by atoms with Crippen molar-refractivity contribution in [2.45, 2.75) is 51.1 Å². The summed E-state index contributed by atoms with van der Waals surface area (Å²) in [5.41, 5.74) is 1.40. The van der Waals surface area contributed by atoms with Crippen LogP contribution >= 0.6 is 0 Å². The van der Waals surface area contributed by atoms with Crippen LogP contribution in [0.4, 0.5) is 0 Å². The number of hydrogen-bond donors (Lipinski definition) is 2. The van der Waals surface area contributed by atoms with E-state index in [0.717, 1.165) is 71.3 Å². The first-order valence-electron chi connectivity index (χ1n) is 11.7. The van der Waals surface area contributed by atoms with Crippen molar-refractivity contribution in [3.63, 3.8) is 0 Å². The van der Waals surface area contributed by atoms with Crippen molar-refractivity contribution in [3.8, 4) is 0 Å². The van der Waals surface area contributed by atoms with E-state index in [2.05, 4.69) is 50.9 Å². The van der Waals surface area contributed by atoms with Crippen molar-refractivity contribution in [2.24, 2.45) is 10.9 Å². The van der Waals surface area contributed by atoms with E-state index >= 15 is 0 Å². The molecule has 2 aliphatic rings. The molecule has 2 aliphatic heterocycles. The molecule has 1 aromatic rings. The van der Waals surface area contributed by atoms with Gasteiger partial charge in [-0.05, 0) is 50.1 Å². The summed E-state index contributed by atoms with van der Waals surface area (Å²) < 4.78 is 11.2. The average Bonchev–Trinajstić information content (AvgIpc) is 2.80. The number of nitrogens with zero attached hydrogens (tertiary/aromatic N) is 2. The SMILES string of the molecule is CN=C(NCCCOCC1CCOCC1)NCC1CCCCN1Cc1ccccc1. The second-order valence-corrected chi connectivity index (χ2v) is 8.47. The van der Waals surface area contributed by atoms with Crippen LogP contribution in [0.3, 0.4) is 0 Å². The quantitative estimate of drug-likeness (QED) is 0.349. The van der Waals surface area contributed by atoms with Crippen LogP contribution in [0.15, 0.2) is 35.3 Å². The van der Waals surface area contributed by atoms with Crippen LogP contribution < -0.4 is 10.6 Å². The number of nitrogens with one attached hydrogen (secondary N) is 2. The maximum absolute atomic E-state index is 5.85. The van der Waals surface area contributed by atoms with Gasteiger partial charge in [-0.25, -0.2) is 0 Å². The largest absolute Gasteiger partial charge is 0.381 e. The summed E-state index contributed by atoms with van der Waals surface area (Å²) in [6.45, 7) is 7.48. The number of ether oxygens (including phenoxy) is 2. The van der Waals surface area contributed by atoms with E-state index in [1.165, 1.54) is 31.4 Å². The summed E-state index contributed by atoms with van der Waals surface area (Å²) in [5.74, 6) is 1.57. The number of hydrogen-bond acceptors (Lipinski definition) is 4. The monoisotopic (exact) mass is 416 g/mol. The van der Waals surface area contributed by atoms with E-state index in [-0.39, 0.29) is 0 Å². The normalized spacial score (nSPS) is 21.5. The van der Waals surface area contributed by atoms with Gasteiger partial charge in [0.2, 0.25) is 0 Å². The number of likely N-dealkylation sites (tertiary alicyclic amines) is 1. The van der Waals surface area contributed by atoms with Crippen LogP contribution in [-0.4, -0.2) is 70.0 Å². The third kappa shape index (κ3) is 8.25. The summed E-state index contributed by atoms with van der Waals surface area (Å²) >= 11 is 0. The third-order valence-electron chi connectivity index (χ3n) is 6.16. The summed E-state index contributed by atoms with van der Waals surface area (Å²) in [6.07, 6.45) is 7.12. The van der Waals surface area contributed by atoms with Gasteiger partial charge in [-0.15, -0.1) is 0 Å². The van der Waals surface area contributed by atoms with Crippen LogP contribution in [0.5, 0.6) is 0 Å². The zero-order valence-corrected chi connectivity index (χ0v) is 18.7. The van der Waals surface area contributed by atoms with Gasteiger partial charge in [-0.3, -0.25) is 9.89 Å². The van der Waals surface area contributed by atoms with Crippen molar-refractivity contribution >= 4 is 5.96 Å². The third-order valence-corrected chi connectivity index (χ3v) is 6.16. The minimum atomic E-state index is 0.556. The summed E-state index contributed by atoms with van der Waals surface area (Å²) in [4.78, 5) is 7.01. The first-order chi connectivity index (χ1) is 14.8. The highest BCUT2D eigenvalue weighted by atomic mass is 16.5. The molecular formula is C24H40N4O2. The Bertz CT molecular complexity index is 604. The minimum Gasteiger partial charge on any atom is -0.381 e. The molecule has 30 heavy (non-hydrogen) atoms. The lowest BCUT2D eigenvalue weighted by Crippen LogP contribution is -2.49. The van der Waals surface area contributed by atoms with Crippen molar-refractivity contribution < 1.29 is 9.47 Å². The van der Waals surface area contributed by atoms with Crippen LogP contribution in [-0.2, 0) is 16.0 Å². The highest BCUT2D eigenvalue weighted by Gasteiger charge is 2.22. The Labute approximate surface area is 182 Å². The van der Waals surface area contributed by atoms with Gasteiger partial charge in [0.25, 0.3) is 0 Å². The Kier molecular flexibility index (Phi) is 10.5. The van der Waals surface area contributed by atoms with Crippen LogP contribution in [0.25, 0.3) is 0 Å². The zero-order valence-electron chi connectivity index (χ0n) is 18.7. The van der Waals surface area contributed by atoms with Gasteiger partial charge >= 0.3 is 0 Å². The second-order valence-electron chi connectivity index (χ2n) is 8.47. The molecular weight excluding hydrogens is 376 g/mol. The molecule has 0 radical (unpaired) electrons. The van der Waals surface area contributed by atoms with Gasteiger partial charge < -0.3 is 20.1 Å². The molecule has 1 atom stereocenters. The molecule has 1 aromatic carbocycles. The van der Waals surface area contributed by atoms with Gasteiger partial charge in [0.05, 0.1) is 0 Å². The molecule has 168 valence electrons. The lowest BCUT2D eigenvalue weighted by Gasteiger charge is -2.36. The Hall–Kier alpha value is -1.63. The fourth-order valence-electron chi connectivity index (χ4n) is 4.30. The van der Waals surface area contributed by atoms with Crippen molar-refractivity contribution in [3.05, 3.63) is 35.9 Å². The van der Waals surface area contributed by atoms with Crippen molar-refractivity contribution in [1.82, 2.24) is 15.5 Å². The number of aliphatic imine (C=N–C) groups is 1. The van der Waals surface area contributed by atoms with Gasteiger partial charge in [0.15, 0.2) is 5.96 Å². The van der Waals surface area contributed by atoms with Crippen molar-refractivity contribution in [1.29, 1.82) is 0 Å².